The third-order valence-corrected chi connectivity index (χ3v) is 5.28. The van der Waals surface area contributed by atoms with E-state index in [0.717, 1.165) is 40.3 Å². The SMILES string of the molecule is COc1ccc([C@H]2Oc3ccccc3[C@H]3CC(c4ccc(F)cc4)=NN32)cc1. The van der Waals surface area contributed by atoms with Crippen LogP contribution in [0.3, 0.4) is 0 Å². The summed E-state index contributed by atoms with van der Waals surface area (Å²) < 4.78 is 24.9. The Balaban J connectivity index is 1.56. The van der Waals surface area contributed by atoms with E-state index in [4.69, 9.17) is 14.6 Å². The summed E-state index contributed by atoms with van der Waals surface area (Å²) in [6.07, 6.45) is 0.419. The summed E-state index contributed by atoms with van der Waals surface area (Å²) >= 11 is 0. The van der Waals surface area contributed by atoms with Crippen LogP contribution in [0.5, 0.6) is 11.5 Å². The van der Waals surface area contributed by atoms with E-state index in [1.54, 1.807) is 19.2 Å². The van der Waals surface area contributed by atoms with Gasteiger partial charge in [0.05, 0.1) is 18.9 Å². The van der Waals surface area contributed by atoms with Gasteiger partial charge in [0, 0.05) is 17.5 Å². The standard InChI is InChI=1S/C23H19FN2O2/c1-27-18-12-8-16(9-13-18)23-26-21(19-4-2-3-5-22(19)28-23)14-20(25-26)15-6-10-17(24)11-7-15/h2-13,21,23H,14H2,1H3/t21-,23-/m1/s1. The van der Waals surface area contributed by atoms with Crippen LogP contribution in [-0.4, -0.2) is 17.8 Å². The molecule has 0 aromatic heterocycles. The minimum absolute atomic E-state index is 0.0807. The molecule has 0 radical (unpaired) electrons. The van der Waals surface area contributed by atoms with Crippen molar-refractivity contribution in [2.45, 2.75) is 18.7 Å². The zero-order valence-corrected chi connectivity index (χ0v) is 15.4. The lowest BCUT2D eigenvalue weighted by Gasteiger charge is -2.38. The van der Waals surface area contributed by atoms with E-state index in [-0.39, 0.29) is 18.1 Å². The lowest BCUT2D eigenvalue weighted by atomic mass is 9.96. The molecule has 2 aliphatic heterocycles. The number of methoxy groups -OCH3 is 1. The molecule has 5 rings (SSSR count). The van der Waals surface area contributed by atoms with Crippen molar-refractivity contribution < 1.29 is 13.9 Å². The monoisotopic (exact) mass is 374 g/mol. The summed E-state index contributed by atoms with van der Waals surface area (Å²) in [5.41, 5.74) is 3.99. The fourth-order valence-electron chi connectivity index (χ4n) is 3.84. The van der Waals surface area contributed by atoms with E-state index in [1.165, 1.54) is 12.1 Å². The number of benzene rings is 3. The van der Waals surface area contributed by atoms with E-state index < -0.39 is 0 Å². The van der Waals surface area contributed by atoms with Gasteiger partial charge in [0.25, 0.3) is 0 Å². The molecule has 140 valence electrons. The fourth-order valence-corrected chi connectivity index (χ4v) is 3.84. The smallest absolute Gasteiger partial charge is 0.213 e. The first-order valence-electron chi connectivity index (χ1n) is 9.24. The molecule has 2 aliphatic rings. The molecule has 0 bridgehead atoms. The number of hydrogen-bond donors (Lipinski definition) is 0. The van der Waals surface area contributed by atoms with Gasteiger partial charge in [-0.05, 0) is 48.0 Å². The third-order valence-electron chi connectivity index (χ3n) is 5.28. The highest BCUT2D eigenvalue weighted by molar-refractivity contribution is 6.01. The van der Waals surface area contributed by atoms with Crippen molar-refractivity contribution >= 4 is 5.71 Å². The topological polar surface area (TPSA) is 34.1 Å². The molecular formula is C23H19FN2O2. The average molecular weight is 374 g/mol. The number of hydrogen-bond acceptors (Lipinski definition) is 4. The maximum atomic E-state index is 13.3. The molecule has 28 heavy (non-hydrogen) atoms. The first-order chi connectivity index (χ1) is 13.7. The van der Waals surface area contributed by atoms with Crippen molar-refractivity contribution in [1.29, 1.82) is 0 Å². The molecule has 4 nitrogen and oxygen atoms in total. The molecule has 0 aliphatic carbocycles. The second-order valence-electron chi connectivity index (χ2n) is 6.93. The normalized spacial score (nSPS) is 20.1. The predicted molar refractivity (Wildman–Crippen MR) is 105 cm³/mol. The van der Waals surface area contributed by atoms with Crippen LogP contribution < -0.4 is 9.47 Å². The Morgan fingerprint density at radius 2 is 1.75 bits per heavy atom. The van der Waals surface area contributed by atoms with E-state index in [2.05, 4.69) is 6.07 Å². The van der Waals surface area contributed by atoms with Gasteiger partial charge >= 0.3 is 0 Å². The minimum Gasteiger partial charge on any atom is -0.497 e. The Bertz CT molecular complexity index is 1030. The van der Waals surface area contributed by atoms with Crippen molar-refractivity contribution in [2.24, 2.45) is 5.10 Å². The molecule has 3 aromatic carbocycles. The predicted octanol–water partition coefficient (Wildman–Crippen LogP) is 5.08. The van der Waals surface area contributed by atoms with Crippen LogP contribution in [0.15, 0.2) is 77.9 Å². The molecule has 3 aromatic rings. The summed E-state index contributed by atoms with van der Waals surface area (Å²) in [5, 5.41) is 6.90. The fraction of sp³-hybridized carbons (Fsp3) is 0.174. The Morgan fingerprint density at radius 3 is 2.50 bits per heavy atom. The summed E-state index contributed by atoms with van der Waals surface area (Å²) in [6, 6.07) is 22.5. The van der Waals surface area contributed by atoms with Gasteiger partial charge in [0.2, 0.25) is 6.23 Å². The van der Waals surface area contributed by atoms with Crippen LogP contribution in [0, 0.1) is 5.82 Å². The van der Waals surface area contributed by atoms with Crippen molar-refractivity contribution in [3.8, 4) is 11.5 Å². The highest BCUT2D eigenvalue weighted by Crippen LogP contribution is 2.47. The molecule has 0 saturated heterocycles. The molecular weight excluding hydrogens is 355 g/mol. The summed E-state index contributed by atoms with van der Waals surface area (Å²) in [5.74, 6) is 1.43. The Kier molecular flexibility index (Phi) is 4.01. The molecule has 0 saturated carbocycles. The maximum absolute atomic E-state index is 13.3. The lowest BCUT2D eigenvalue weighted by molar-refractivity contribution is -0.0190. The van der Waals surface area contributed by atoms with Gasteiger partial charge in [-0.15, -0.1) is 0 Å². The van der Waals surface area contributed by atoms with Gasteiger partial charge in [0.15, 0.2) is 0 Å². The summed E-state index contributed by atoms with van der Waals surface area (Å²) in [6.45, 7) is 0. The van der Waals surface area contributed by atoms with Gasteiger partial charge in [0.1, 0.15) is 17.3 Å². The number of hydrazone groups is 1. The largest absolute Gasteiger partial charge is 0.497 e. The molecule has 0 unspecified atom stereocenters. The highest BCUT2D eigenvalue weighted by Gasteiger charge is 2.40. The van der Waals surface area contributed by atoms with Crippen molar-refractivity contribution in [3.05, 3.63) is 95.3 Å². The Morgan fingerprint density at radius 1 is 1.00 bits per heavy atom. The quantitative estimate of drug-likeness (QED) is 0.641. The van der Waals surface area contributed by atoms with E-state index in [9.17, 15) is 4.39 Å². The minimum atomic E-state index is -0.330. The lowest BCUT2D eigenvalue weighted by Crippen LogP contribution is -2.33. The molecule has 2 heterocycles. The molecule has 5 heteroatoms. The average Bonchev–Trinajstić information content (AvgIpc) is 3.19. The maximum Gasteiger partial charge on any atom is 0.213 e. The molecule has 2 atom stereocenters. The number of para-hydroxylation sites is 1. The molecule has 0 N–H and O–H groups in total. The Labute approximate surface area is 162 Å². The second-order valence-corrected chi connectivity index (χ2v) is 6.93. The first kappa shape index (κ1) is 16.8. The van der Waals surface area contributed by atoms with E-state index in [1.807, 2.05) is 47.5 Å². The van der Waals surface area contributed by atoms with Gasteiger partial charge < -0.3 is 9.47 Å². The summed E-state index contributed by atoms with van der Waals surface area (Å²) in [4.78, 5) is 0. The number of rotatable bonds is 3. The Hall–Kier alpha value is -3.34. The van der Waals surface area contributed by atoms with Crippen molar-refractivity contribution in [1.82, 2.24) is 5.01 Å². The van der Waals surface area contributed by atoms with E-state index in [0.29, 0.717) is 0 Å². The second kappa shape index (κ2) is 6.68. The number of ether oxygens (including phenoxy) is 2. The van der Waals surface area contributed by atoms with Crippen LogP contribution in [0.2, 0.25) is 0 Å². The highest BCUT2D eigenvalue weighted by atomic mass is 19.1. The van der Waals surface area contributed by atoms with Crippen molar-refractivity contribution in [2.75, 3.05) is 7.11 Å². The summed E-state index contributed by atoms with van der Waals surface area (Å²) in [7, 11) is 1.65. The van der Waals surface area contributed by atoms with E-state index >= 15 is 0 Å². The van der Waals surface area contributed by atoms with Gasteiger partial charge in [-0.2, -0.15) is 5.10 Å². The first-order valence-corrected chi connectivity index (χ1v) is 9.24. The van der Waals surface area contributed by atoms with Crippen LogP contribution in [-0.2, 0) is 0 Å². The number of fused-ring (bicyclic) bond motifs is 3. The molecule has 0 spiro atoms. The molecule has 0 fully saturated rings. The van der Waals surface area contributed by atoms with Gasteiger partial charge in [-0.1, -0.05) is 30.3 Å². The zero-order valence-electron chi connectivity index (χ0n) is 15.4. The molecule has 0 amide bonds. The third kappa shape index (κ3) is 2.80. The van der Waals surface area contributed by atoms with Crippen LogP contribution in [0.4, 0.5) is 4.39 Å². The zero-order chi connectivity index (χ0) is 19.1. The van der Waals surface area contributed by atoms with Crippen LogP contribution in [0.25, 0.3) is 0 Å². The van der Waals surface area contributed by atoms with Crippen LogP contribution in [0.1, 0.15) is 35.4 Å². The van der Waals surface area contributed by atoms with Gasteiger partial charge in [-0.3, -0.25) is 0 Å². The number of nitrogens with zero attached hydrogens (tertiary/aromatic N) is 2. The van der Waals surface area contributed by atoms with Crippen LogP contribution >= 0.6 is 0 Å². The number of halogens is 1. The van der Waals surface area contributed by atoms with Gasteiger partial charge in [-0.25, -0.2) is 9.40 Å². The van der Waals surface area contributed by atoms with Crippen molar-refractivity contribution in [3.63, 3.8) is 0 Å².